The second-order valence-corrected chi connectivity index (χ2v) is 10.2. The van der Waals surface area contributed by atoms with Crippen molar-refractivity contribution in [1.82, 2.24) is 0 Å². The number of benzene rings is 1. The summed E-state index contributed by atoms with van der Waals surface area (Å²) < 4.78 is 6.11. The first-order chi connectivity index (χ1) is 6.72. The fourth-order valence-corrected chi connectivity index (χ4v) is 2.05. The van der Waals surface area contributed by atoms with Gasteiger partial charge in [-0.15, -0.1) is 0 Å². The van der Waals surface area contributed by atoms with E-state index >= 15 is 0 Å². The molecule has 1 aromatic rings. The normalized spacial score (nSPS) is 12.7. The lowest BCUT2D eigenvalue weighted by Crippen LogP contribution is -2.43. The molecule has 0 atom stereocenters. The zero-order valence-electron chi connectivity index (χ0n) is 10.3. The van der Waals surface area contributed by atoms with Crippen molar-refractivity contribution < 1.29 is 4.43 Å². The highest BCUT2D eigenvalue weighted by atomic mass is 28.4. The van der Waals surface area contributed by atoms with Crippen molar-refractivity contribution in [2.75, 3.05) is 0 Å². The third-order valence-electron chi connectivity index (χ3n) is 3.04. The van der Waals surface area contributed by atoms with Crippen LogP contribution in [0.1, 0.15) is 26.3 Å². The van der Waals surface area contributed by atoms with Crippen LogP contribution in [0.25, 0.3) is 0 Å². The maximum absolute atomic E-state index is 6.11. The van der Waals surface area contributed by atoms with Gasteiger partial charge in [-0.25, -0.2) is 0 Å². The van der Waals surface area contributed by atoms with E-state index in [-0.39, 0.29) is 5.04 Å². The number of hydrogen-bond acceptors (Lipinski definition) is 1. The highest BCUT2D eigenvalue weighted by Crippen LogP contribution is 2.37. The van der Waals surface area contributed by atoms with E-state index in [2.05, 4.69) is 33.9 Å². The van der Waals surface area contributed by atoms with E-state index in [0.29, 0.717) is 0 Å². The van der Waals surface area contributed by atoms with Crippen LogP contribution in [0.15, 0.2) is 24.3 Å². The van der Waals surface area contributed by atoms with Gasteiger partial charge in [-0.2, -0.15) is 0 Å². The van der Waals surface area contributed by atoms with E-state index in [1.165, 1.54) is 0 Å². The standard InChI is InChI=1S/C13H20OSi/c1-11-8-7-9-12(10-11)14-15(5,6)13(2,3)4/h1,7-10H,2-6H3. The molecule has 0 saturated heterocycles. The molecule has 0 unspecified atom stereocenters. The molecule has 0 aliphatic rings. The van der Waals surface area contributed by atoms with Crippen molar-refractivity contribution in [3.05, 3.63) is 36.8 Å². The van der Waals surface area contributed by atoms with E-state index in [1.807, 2.05) is 24.3 Å². The molecule has 0 heterocycles. The van der Waals surface area contributed by atoms with Gasteiger partial charge in [-0.05, 0) is 42.8 Å². The average Bonchev–Trinajstić information content (AvgIpc) is 2.00. The summed E-state index contributed by atoms with van der Waals surface area (Å²) in [6, 6.07) is 7.66. The first kappa shape index (κ1) is 12.3. The molecule has 0 aliphatic heterocycles. The molecule has 0 aliphatic carbocycles. The average molecular weight is 220 g/mol. The maximum Gasteiger partial charge on any atom is 0.250 e. The first-order valence-corrected chi connectivity index (χ1v) is 8.18. The molecule has 0 N–H and O–H groups in total. The predicted molar refractivity (Wildman–Crippen MR) is 67.7 cm³/mol. The summed E-state index contributed by atoms with van der Waals surface area (Å²) in [5, 5.41) is 0.220. The lowest BCUT2D eigenvalue weighted by Gasteiger charge is -2.36. The Morgan fingerprint density at radius 1 is 1.20 bits per heavy atom. The molecule has 2 heteroatoms. The number of hydrogen-bond donors (Lipinski definition) is 0. The van der Waals surface area contributed by atoms with Crippen molar-refractivity contribution in [1.29, 1.82) is 0 Å². The van der Waals surface area contributed by atoms with Crippen molar-refractivity contribution in [3.63, 3.8) is 0 Å². The van der Waals surface area contributed by atoms with Gasteiger partial charge in [0, 0.05) is 0 Å². The van der Waals surface area contributed by atoms with Crippen LogP contribution in [-0.4, -0.2) is 8.32 Å². The van der Waals surface area contributed by atoms with Crippen molar-refractivity contribution in [2.24, 2.45) is 0 Å². The Morgan fingerprint density at radius 2 is 1.80 bits per heavy atom. The second kappa shape index (κ2) is 4.01. The minimum absolute atomic E-state index is 0.220. The predicted octanol–water partition coefficient (Wildman–Crippen LogP) is 4.13. The largest absolute Gasteiger partial charge is 0.543 e. The van der Waals surface area contributed by atoms with Gasteiger partial charge in [0.15, 0.2) is 0 Å². The summed E-state index contributed by atoms with van der Waals surface area (Å²) in [7, 11) is -1.72. The Labute approximate surface area is 94.6 Å². The molecule has 0 spiro atoms. The van der Waals surface area contributed by atoms with Gasteiger partial charge in [0.25, 0.3) is 0 Å². The van der Waals surface area contributed by atoms with Gasteiger partial charge in [0.1, 0.15) is 5.75 Å². The third-order valence-corrected chi connectivity index (χ3v) is 7.40. The Morgan fingerprint density at radius 3 is 2.27 bits per heavy atom. The highest BCUT2D eigenvalue weighted by Gasteiger charge is 2.38. The summed E-state index contributed by atoms with van der Waals surface area (Å²) in [4.78, 5) is 0. The SMILES string of the molecule is [CH]c1cccc(O[Si](C)(C)C(C)(C)C)c1. The van der Waals surface area contributed by atoms with Crippen molar-refractivity contribution >= 4 is 8.32 Å². The molecule has 0 aromatic heterocycles. The van der Waals surface area contributed by atoms with Gasteiger partial charge >= 0.3 is 0 Å². The molecular formula is C13H20OSi. The van der Waals surface area contributed by atoms with Crippen LogP contribution in [0, 0.1) is 6.92 Å². The Balaban J connectivity index is 2.87. The van der Waals surface area contributed by atoms with Gasteiger partial charge in [-0.1, -0.05) is 32.9 Å². The molecular weight excluding hydrogens is 200 g/mol. The minimum Gasteiger partial charge on any atom is -0.543 e. The fraction of sp³-hybridized carbons (Fsp3) is 0.462. The summed E-state index contributed by atoms with van der Waals surface area (Å²) in [6.45, 7) is 16.9. The van der Waals surface area contributed by atoms with Gasteiger partial charge < -0.3 is 4.43 Å². The van der Waals surface area contributed by atoms with Crippen LogP contribution in [0.3, 0.4) is 0 Å². The Hall–Kier alpha value is -0.763. The van der Waals surface area contributed by atoms with Crippen LogP contribution in [0.5, 0.6) is 5.75 Å². The molecule has 2 radical (unpaired) electrons. The summed E-state index contributed by atoms with van der Waals surface area (Å²) in [5.74, 6) is 0.890. The molecule has 0 fully saturated rings. The van der Waals surface area contributed by atoms with E-state index in [0.717, 1.165) is 11.3 Å². The highest BCUT2D eigenvalue weighted by molar-refractivity contribution is 6.74. The monoisotopic (exact) mass is 220 g/mol. The zero-order valence-corrected chi connectivity index (χ0v) is 11.3. The molecule has 1 aromatic carbocycles. The summed E-state index contributed by atoms with van der Waals surface area (Å²) >= 11 is 0. The van der Waals surface area contributed by atoms with Gasteiger partial charge in [0.2, 0.25) is 8.32 Å². The minimum atomic E-state index is -1.72. The van der Waals surface area contributed by atoms with Crippen LogP contribution < -0.4 is 4.43 Å². The van der Waals surface area contributed by atoms with Gasteiger partial charge in [-0.3, -0.25) is 0 Å². The molecule has 0 amide bonds. The van der Waals surface area contributed by atoms with Crippen molar-refractivity contribution in [2.45, 2.75) is 38.9 Å². The molecule has 15 heavy (non-hydrogen) atoms. The topological polar surface area (TPSA) is 9.23 Å². The van der Waals surface area contributed by atoms with Crippen LogP contribution in [-0.2, 0) is 0 Å². The van der Waals surface area contributed by atoms with Crippen LogP contribution in [0.2, 0.25) is 18.1 Å². The van der Waals surface area contributed by atoms with E-state index < -0.39 is 8.32 Å². The smallest absolute Gasteiger partial charge is 0.250 e. The molecule has 82 valence electrons. The summed E-state index contributed by atoms with van der Waals surface area (Å²) in [6.07, 6.45) is 0. The fourth-order valence-electron chi connectivity index (χ4n) is 1.03. The zero-order chi connectivity index (χ0) is 11.7. The van der Waals surface area contributed by atoms with Crippen LogP contribution in [0.4, 0.5) is 0 Å². The number of rotatable bonds is 2. The van der Waals surface area contributed by atoms with Crippen molar-refractivity contribution in [3.8, 4) is 5.75 Å². The second-order valence-electron chi connectivity index (χ2n) is 5.43. The third kappa shape index (κ3) is 3.10. The Kier molecular flexibility index (Phi) is 3.29. The Bertz CT molecular complexity index is 337. The first-order valence-electron chi connectivity index (χ1n) is 5.27. The lowest BCUT2D eigenvalue weighted by atomic mass is 10.2. The van der Waals surface area contributed by atoms with E-state index in [9.17, 15) is 0 Å². The molecule has 0 bridgehead atoms. The van der Waals surface area contributed by atoms with E-state index in [4.69, 9.17) is 11.3 Å². The van der Waals surface area contributed by atoms with E-state index in [1.54, 1.807) is 0 Å². The molecule has 0 saturated carbocycles. The molecule has 1 nitrogen and oxygen atoms in total. The summed E-state index contributed by atoms with van der Waals surface area (Å²) in [5.41, 5.74) is 0.756. The molecule has 1 rings (SSSR count). The van der Waals surface area contributed by atoms with Gasteiger partial charge in [0.05, 0.1) is 0 Å². The lowest BCUT2D eigenvalue weighted by molar-refractivity contribution is 0.492. The maximum atomic E-state index is 6.11. The quantitative estimate of drug-likeness (QED) is 0.681. The van der Waals surface area contributed by atoms with Crippen LogP contribution >= 0.6 is 0 Å².